The zero-order valence-corrected chi connectivity index (χ0v) is 19.2. The summed E-state index contributed by atoms with van der Waals surface area (Å²) in [6, 6.07) is 9.73. The number of fused-ring (bicyclic) bond motifs is 2. The summed E-state index contributed by atoms with van der Waals surface area (Å²) < 4.78 is 16.6. The van der Waals surface area contributed by atoms with E-state index < -0.39 is 17.2 Å². The number of nitrogens with one attached hydrogen (secondary N) is 2. The molecule has 1 aliphatic heterocycles. The molecule has 0 unspecified atom stereocenters. The van der Waals surface area contributed by atoms with Crippen LogP contribution in [-0.4, -0.2) is 29.8 Å². The average Bonchev–Trinajstić information content (AvgIpc) is 3.16. The van der Waals surface area contributed by atoms with Crippen LogP contribution in [0.5, 0.6) is 5.75 Å². The van der Waals surface area contributed by atoms with E-state index in [1.54, 1.807) is 37.3 Å². The van der Waals surface area contributed by atoms with Gasteiger partial charge in [-0.2, -0.15) is 0 Å². The van der Waals surface area contributed by atoms with Crippen LogP contribution >= 0.6 is 12.2 Å². The van der Waals surface area contributed by atoms with Crippen molar-refractivity contribution in [1.29, 1.82) is 0 Å². The van der Waals surface area contributed by atoms with E-state index in [0.29, 0.717) is 27.8 Å². The lowest BCUT2D eigenvalue weighted by Gasteiger charge is -2.16. The smallest absolute Gasteiger partial charge is 0.263 e. The number of thiocarbonyl (C=S) groups is 1. The van der Waals surface area contributed by atoms with E-state index in [9.17, 15) is 19.2 Å². The molecule has 1 aliphatic rings. The molecule has 0 aliphatic carbocycles. The number of furan rings is 1. The van der Waals surface area contributed by atoms with Crippen molar-refractivity contribution in [2.75, 3.05) is 7.11 Å². The molecular weight excluding hydrogens is 472 g/mol. The van der Waals surface area contributed by atoms with Crippen molar-refractivity contribution in [3.05, 3.63) is 80.9 Å². The lowest BCUT2D eigenvalue weighted by molar-refractivity contribution is -0.123. The Hall–Kier alpha value is -4.57. The van der Waals surface area contributed by atoms with Gasteiger partial charge < -0.3 is 13.6 Å². The van der Waals surface area contributed by atoms with Gasteiger partial charge in [0.1, 0.15) is 28.8 Å². The number of benzene rings is 2. The van der Waals surface area contributed by atoms with Crippen LogP contribution in [0.3, 0.4) is 0 Å². The highest BCUT2D eigenvalue weighted by molar-refractivity contribution is 7.80. The van der Waals surface area contributed by atoms with E-state index in [1.807, 2.05) is 0 Å². The van der Waals surface area contributed by atoms with E-state index in [-0.39, 0.29) is 38.8 Å². The number of amides is 2. The fourth-order valence-corrected chi connectivity index (χ4v) is 4.00. The lowest BCUT2D eigenvalue weighted by Crippen LogP contribution is -2.51. The highest BCUT2D eigenvalue weighted by Gasteiger charge is 2.26. The standard InChI is InChI=1S/C25H16N2O7S/c1-11-15-8-16-18(9-19(15)34-22(11)21(29)12-3-5-14(32-2)6-4-12)33-10-13(20(16)28)7-17-23(30)26-25(35)27-24(17)31/h3-10H,1-2H3,(H2,26,27,30,31,35). The van der Waals surface area contributed by atoms with Crippen molar-refractivity contribution >= 4 is 62.9 Å². The minimum absolute atomic E-state index is 0.000601. The van der Waals surface area contributed by atoms with Crippen molar-refractivity contribution in [2.45, 2.75) is 6.92 Å². The molecule has 9 nitrogen and oxygen atoms in total. The van der Waals surface area contributed by atoms with Crippen molar-refractivity contribution < 1.29 is 28.0 Å². The summed E-state index contributed by atoms with van der Waals surface area (Å²) in [5.74, 6) is -0.998. The van der Waals surface area contributed by atoms with Crippen LogP contribution in [0.4, 0.5) is 0 Å². The molecule has 10 heteroatoms. The molecule has 35 heavy (non-hydrogen) atoms. The van der Waals surface area contributed by atoms with Gasteiger partial charge in [0.05, 0.1) is 18.1 Å². The number of ether oxygens (including phenoxy) is 1. The van der Waals surface area contributed by atoms with Gasteiger partial charge in [0.15, 0.2) is 16.3 Å². The number of carbonyl (C=O) groups is 3. The molecule has 1 saturated heterocycles. The van der Waals surface area contributed by atoms with E-state index in [4.69, 9.17) is 25.8 Å². The van der Waals surface area contributed by atoms with E-state index in [2.05, 4.69) is 10.6 Å². The first-order valence-electron chi connectivity index (χ1n) is 10.3. The first-order valence-corrected chi connectivity index (χ1v) is 10.7. The van der Waals surface area contributed by atoms with Gasteiger partial charge in [0.25, 0.3) is 11.8 Å². The molecule has 5 rings (SSSR count). The van der Waals surface area contributed by atoms with Crippen LogP contribution in [-0.2, 0) is 9.59 Å². The number of hydrogen-bond acceptors (Lipinski definition) is 8. The van der Waals surface area contributed by atoms with Gasteiger partial charge in [-0.1, -0.05) is 0 Å². The Balaban J connectivity index is 1.60. The predicted octanol–water partition coefficient (Wildman–Crippen LogP) is 3.00. The van der Waals surface area contributed by atoms with Crippen LogP contribution in [0.2, 0.25) is 0 Å². The van der Waals surface area contributed by atoms with Gasteiger partial charge in [0.2, 0.25) is 5.78 Å². The largest absolute Gasteiger partial charge is 0.497 e. The van der Waals surface area contributed by atoms with Crippen LogP contribution in [0.1, 0.15) is 27.2 Å². The summed E-state index contributed by atoms with van der Waals surface area (Å²) in [5.41, 5.74) is 0.840. The second kappa shape index (κ2) is 8.33. The molecule has 0 saturated carbocycles. The van der Waals surface area contributed by atoms with Gasteiger partial charge in [-0.25, -0.2) is 0 Å². The number of hydrogen-bond donors (Lipinski definition) is 2. The Bertz CT molecular complexity index is 1650. The lowest BCUT2D eigenvalue weighted by atomic mass is 10.0. The molecule has 2 aromatic heterocycles. The molecule has 2 aromatic carbocycles. The summed E-state index contributed by atoms with van der Waals surface area (Å²) >= 11 is 4.78. The number of rotatable bonds is 4. The van der Waals surface area contributed by atoms with Gasteiger partial charge in [-0.3, -0.25) is 29.8 Å². The Labute approximate surface area is 202 Å². The third-order valence-electron chi connectivity index (χ3n) is 5.66. The fraction of sp³-hybridized carbons (Fsp3) is 0.0800. The Morgan fingerprint density at radius 3 is 2.34 bits per heavy atom. The number of carbonyl (C=O) groups excluding carboxylic acids is 3. The van der Waals surface area contributed by atoms with Crippen LogP contribution < -0.4 is 20.8 Å². The van der Waals surface area contributed by atoms with E-state index in [0.717, 1.165) is 12.3 Å². The van der Waals surface area contributed by atoms with Gasteiger partial charge in [0, 0.05) is 22.6 Å². The summed E-state index contributed by atoms with van der Waals surface area (Å²) in [6.07, 6.45) is 2.29. The molecule has 4 aromatic rings. The summed E-state index contributed by atoms with van der Waals surface area (Å²) in [5, 5.41) is 5.27. The Morgan fingerprint density at radius 2 is 1.69 bits per heavy atom. The van der Waals surface area contributed by atoms with Crippen molar-refractivity contribution in [1.82, 2.24) is 10.6 Å². The number of aryl methyl sites for hydroxylation is 1. The zero-order valence-electron chi connectivity index (χ0n) is 18.4. The van der Waals surface area contributed by atoms with Crippen molar-refractivity contribution in [3.8, 4) is 5.75 Å². The fourth-order valence-electron chi connectivity index (χ4n) is 3.81. The number of ketones is 1. The molecule has 3 heterocycles. The minimum atomic E-state index is -0.721. The maximum absolute atomic E-state index is 13.2. The number of methoxy groups -OCH3 is 1. The van der Waals surface area contributed by atoms with Crippen molar-refractivity contribution in [2.24, 2.45) is 0 Å². The van der Waals surface area contributed by atoms with Crippen LogP contribution in [0.15, 0.2) is 61.9 Å². The summed E-state index contributed by atoms with van der Waals surface area (Å²) in [4.78, 5) is 50.4. The van der Waals surface area contributed by atoms with Gasteiger partial charge >= 0.3 is 0 Å². The predicted molar refractivity (Wildman–Crippen MR) is 130 cm³/mol. The molecule has 0 radical (unpaired) electrons. The second-order valence-corrected chi connectivity index (χ2v) is 8.18. The molecular formula is C25H16N2O7S. The zero-order chi connectivity index (χ0) is 24.9. The van der Waals surface area contributed by atoms with Crippen LogP contribution in [0.25, 0.3) is 28.0 Å². The molecule has 0 spiro atoms. The summed E-state index contributed by atoms with van der Waals surface area (Å²) in [6.45, 7) is 1.72. The SMILES string of the molecule is COc1ccc(C(=O)c2oc3cc4occ(C=C5C(=O)NC(=S)NC5=O)c(=O)c4cc3c2C)cc1. The topological polar surface area (TPSA) is 128 Å². The minimum Gasteiger partial charge on any atom is -0.497 e. The normalized spacial score (nSPS) is 13.7. The van der Waals surface area contributed by atoms with E-state index >= 15 is 0 Å². The third kappa shape index (κ3) is 3.79. The van der Waals surface area contributed by atoms with Gasteiger partial charge in [-0.15, -0.1) is 0 Å². The van der Waals surface area contributed by atoms with Crippen molar-refractivity contribution in [3.63, 3.8) is 0 Å². The third-order valence-corrected chi connectivity index (χ3v) is 5.86. The van der Waals surface area contributed by atoms with E-state index in [1.165, 1.54) is 13.2 Å². The Morgan fingerprint density at radius 1 is 1.00 bits per heavy atom. The highest BCUT2D eigenvalue weighted by atomic mass is 32.1. The maximum Gasteiger partial charge on any atom is 0.263 e. The van der Waals surface area contributed by atoms with Gasteiger partial charge in [-0.05, 0) is 55.5 Å². The molecule has 174 valence electrons. The first kappa shape index (κ1) is 22.2. The molecule has 0 bridgehead atoms. The molecule has 2 N–H and O–H groups in total. The molecule has 1 fully saturated rings. The first-order chi connectivity index (χ1) is 16.8. The average molecular weight is 488 g/mol. The highest BCUT2D eigenvalue weighted by Crippen LogP contribution is 2.30. The monoisotopic (exact) mass is 488 g/mol. The molecule has 2 amide bonds. The second-order valence-electron chi connectivity index (χ2n) is 7.77. The maximum atomic E-state index is 13.2. The quantitative estimate of drug-likeness (QED) is 0.194. The molecule has 0 atom stereocenters. The van der Waals surface area contributed by atoms with Crippen LogP contribution in [0, 0.1) is 6.92 Å². The summed E-state index contributed by atoms with van der Waals surface area (Å²) in [7, 11) is 1.54. The Kier molecular flexibility index (Phi) is 5.29.